The molecule has 3 aliphatic rings. The first-order valence-electron chi connectivity index (χ1n) is 16.4. The van der Waals surface area contributed by atoms with Crippen LogP contribution in [0, 0.1) is 5.92 Å². The van der Waals surface area contributed by atoms with Crippen LogP contribution in [-0.2, 0) is 6.42 Å². The summed E-state index contributed by atoms with van der Waals surface area (Å²) in [5.41, 5.74) is 13.4. The van der Waals surface area contributed by atoms with Crippen molar-refractivity contribution in [1.82, 2.24) is 0 Å². The topological polar surface area (TPSA) is 6.48 Å². The second-order valence-corrected chi connectivity index (χ2v) is 12.2. The predicted molar refractivity (Wildman–Crippen MR) is 199 cm³/mol. The van der Waals surface area contributed by atoms with Gasteiger partial charge in [-0.2, -0.15) is 0 Å². The summed E-state index contributed by atoms with van der Waals surface area (Å²) >= 11 is 0. The Morgan fingerprint density at radius 3 is 1.77 bits per heavy atom. The lowest BCUT2D eigenvalue weighted by Gasteiger charge is -2.30. The van der Waals surface area contributed by atoms with Gasteiger partial charge >= 0.3 is 0 Å². The molecule has 0 N–H and O–H groups in total. The van der Waals surface area contributed by atoms with Gasteiger partial charge in [-0.05, 0) is 107 Å². The number of hydrogen-bond acceptors (Lipinski definition) is 2. The minimum absolute atomic E-state index is 0.291. The third kappa shape index (κ3) is 6.06. The molecular weight excluding hydrogens is 569 g/mol. The van der Waals surface area contributed by atoms with Gasteiger partial charge in [0.25, 0.3) is 0 Å². The van der Waals surface area contributed by atoms with Crippen LogP contribution in [0.15, 0.2) is 199 Å². The molecule has 1 unspecified atom stereocenters. The Hall–Kier alpha value is -5.86. The van der Waals surface area contributed by atoms with Crippen LogP contribution in [0.5, 0.6) is 0 Å². The Labute approximate surface area is 277 Å². The molecule has 2 bridgehead atoms. The molecule has 2 heteroatoms. The van der Waals surface area contributed by atoms with E-state index in [-0.39, 0.29) is 0 Å². The van der Waals surface area contributed by atoms with E-state index in [0.717, 1.165) is 29.9 Å². The maximum atomic E-state index is 2.41. The van der Waals surface area contributed by atoms with Crippen LogP contribution in [0.2, 0.25) is 0 Å². The third-order valence-electron chi connectivity index (χ3n) is 9.11. The minimum atomic E-state index is 0.291. The van der Waals surface area contributed by atoms with Gasteiger partial charge in [0.2, 0.25) is 0 Å². The molecule has 0 aromatic heterocycles. The van der Waals surface area contributed by atoms with Crippen molar-refractivity contribution in [3.63, 3.8) is 0 Å². The normalized spacial score (nSPS) is 16.3. The number of rotatable bonds is 7. The summed E-state index contributed by atoms with van der Waals surface area (Å²) in [6.07, 6.45) is 22.2. The maximum absolute atomic E-state index is 2.41. The van der Waals surface area contributed by atoms with Crippen LogP contribution in [0.1, 0.15) is 17.5 Å². The van der Waals surface area contributed by atoms with Gasteiger partial charge in [-0.15, -0.1) is 0 Å². The second-order valence-electron chi connectivity index (χ2n) is 12.2. The highest BCUT2D eigenvalue weighted by molar-refractivity contribution is 5.78. The number of hydrogen-bond donors (Lipinski definition) is 0. The van der Waals surface area contributed by atoms with E-state index in [9.17, 15) is 0 Å². The summed E-state index contributed by atoms with van der Waals surface area (Å²) in [5.74, 6) is 0.291. The van der Waals surface area contributed by atoms with E-state index in [1.54, 1.807) is 0 Å². The van der Waals surface area contributed by atoms with Crippen LogP contribution < -0.4 is 9.80 Å². The Bertz CT molecular complexity index is 2060. The number of fused-ring (bicyclic) bond motifs is 2. The number of allylic oxidation sites excluding steroid dienone is 10. The van der Waals surface area contributed by atoms with Crippen LogP contribution in [0.25, 0.3) is 17.2 Å². The van der Waals surface area contributed by atoms with Gasteiger partial charge in [0, 0.05) is 40.1 Å². The van der Waals surface area contributed by atoms with E-state index in [4.69, 9.17) is 0 Å². The van der Waals surface area contributed by atoms with E-state index >= 15 is 0 Å². The zero-order valence-electron chi connectivity index (χ0n) is 26.3. The first kappa shape index (κ1) is 28.6. The van der Waals surface area contributed by atoms with Crippen molar-refractivity contribution < 1.29 is 0 Å². The zero-order chi connectivity index (χ0) is 31.4. The zero-order valence-corrected chi connectivity index (χ0v) is 26.3. The van der Waals surface area contributed by atoms with Crippen LogP contribution >= 0.6 is 0 Å². The van der Waals surface area contributed by atoms with Crippen molar-refractivity contribution in [2.45, 2.75) is 12.8 Å². The summed E-state index contributed by atoms with van der Waals surface area (Å²) < 4.78 is 0. The van der Waals surface area contributed by atoms with E-state index in [0.29, 0.717) is 5.92 Å². The smallest absolute Gasteiger partial charge is 0.0464 e. The summed E-state index contributed by atoms with van der Waals surface area (Å²) in [6.45, 7) is 0. The van der Waals surface area contributed by atoms with Gasteiger partial charge in [-0.1, -0.05) is 121 Å². The summed E-state index contributed by atoms with van der Waals surface area (Å²) in [7, 11) is 0. The fourth-order valence-corrected chi connectivity index (χ4v) is 6.76. The molecule has 0 aliphatic heterocycles. The molecule has 5 aromatic rings. The Balaban J connectivity index is 1.11. The third-order valence-corrected chi connectivity index (χ3v) is 9.11. The fourth-order valence-electron chi connectivity index (χ4n) is 6.76. The Kier molecular flexibility index (Phi) is 7.83. The van der Waals surface area contributed by atoms with Gasteiger partial charge in [-0.3, -0.25) is 0 Å². The average Bonchev–Trinajstić information content (AvgIpc) is 3.49. The van der Waals surface area contributed by atoms with E-state index in [1.165, 1.54) is 44.9 Å². The van der Waals surface area contributed by atoms with Crippen molar-refractivity contribution >= 4 is 28.8 Å². The van der Waals surface area contributed by atoms with E-state index < -0.39 is 0 Å². The van der Waals surface area contributed by atoms with Crippen molar-refractivity contribution in [3.05, 3.63) is 210 Å². The first-order chi connectivity index (χ1) is 23.3. The second kappa shape index (κ2) is 12.9. The Morgan fingerprint density at radius 1 is 0.468 bits per heavy atom. The summed E-state index contributed by atoms with van der Waals surface area (Å²) in [6, 6.07) is 48.0. The van der Waals surface area contributed by atoms with Crippen LogP contribution in [-0.4, -0.2) is 0 Å². The van der Waals surface area contributed by atoms with Gasteiger partial charge < -0.3 is 9.80 Å². The van der Waals surface area contributed by atoms with E-state index in [1.807, 2.05) is 0 Å². The van der Waals surface area contributed by atoms with Crippen molar-refractivity contribution in [1.29, 1.82) is 0 Å². The molecule has 0 spiro atoms. The summed E-state index contributed by atoms with van der Waals surface area (Å²) in [4.78, 5) is 4.75. The van der Waals surface area contributed by atoms with Gasteiger partial charge in [0.15, 0.2) is 0 Å². The monoisotopic (exact) mass is 604 g/mol. The number of nitrogens with zero attached hydrogens (tertiary/aromatic N) is 2. The highest BCUT2D eigenvalue weighted by Gasteiger charge is 2.20. The molecular formula is C45H36N2. The molecule has 1 atom stereocenters. The number of aryl methyl sites for hydroxylation is 1. The highest BCUT2D eigenvalue weighted by atomic mass is 15.2. The maximum Gasteiger partial charge on any atom is 0.0464 e. The molecule has 2 nitrogen and oxygen atoms in total. The van der Waals surface area contributed by atoms with Crippen LogP contribution in [0.4, 0.5) is 22.7 Å². The lowest BCUT2D eigenvalue weighted by atomic mass is 9.94. The molecule has 0 saturated heterocycles. The summed E-state index contributed by atoms with van der Waals surface area (Å²) in [5, 5.41) is 0. The van der Waals surface area contributed by atoms with E-state index in [2.05, 4.69) is 198 Å². The first-order valence-corrected chi connectivity index (χ1v) is 16.4. The number of benzene rings is 5. The van der Waals surface area contributed by atoms with Crippen molar-refractivity contribution in [2.24, 2.45) is 5.92 Å². The Morgan fingerprint density at radius 2 is 1.06 bits per heavy atom. The molecule has 226 valence electrons. The average molecular weight is 605 g/mol. The number of anilines is 4. The lowest BCUT2D eigenvalue weighted by Crippen LogP contribution is -2.19. The van der Waals surface area contributed by atoms with Crippen molar-refractivity contribution in [3.8, 4) is 11.1 Å². The molecule has 0 fully saturated rings. The predicted octanol–water partition coefficient (Wildman–Crippen LogP) is 11.7. The van der Waals surface area contributed by atoms with Gasteiger partial charge in [0.05, 0.1) is 0 Å². The lowest BCUT2D eigenvalue weighted by molar-refractivity contribution is 0.894. The molecule has 0 heterocycles. The minimum Gasteiger partial charge on any atom is -0.314 e. The molecule has 47 heavy (non-hydrogen) atoms. The molecule has 0 radical (unpaired) electrons. The van der Waals surface area contributed by atoms with Gasteiger partial charge in [-0.25, -0.2) is 0 Å². The molecule has 8 rings (SSSR count). The SMILES string of the molecule is C1=CC2=CC(C=C1)C=CC(N(c1ccccc1)c1ccc(-c3ccc(N(C4=Cc5ccccc5CC4)c4ccccc4)cc3)cc1)=C2. The molecule has 0 saturated carbocycles. The van der Waals surface area contributed by atoms with Crippen molar-refractivity contribution in [2.75, 3.05) is 9.80 Å². The standard InChI is InChI=1S/C45H36N2/c1-3-15-40(16-4-1)46(44-25-19-34-11-7-8-12-35(31-34)32-44)42-26-20-37(21-27-42)38-22-28-43(29-23-38)47(41-17-5-2-6-18-41)45-30-24-36-13-9-10-14-39(36)33-45/h1-23,25-29,31-34H,24,30H2. The largest absolute Gasteiger partial charge is 0.314 e. The highest BCUT2D eigenvalue weighted by Crippen LogP contribution is 2.38. The molecule has 5 aromatic carbocycles. The van der Waals surface area contributed by atoms with Gasteiger partial charge in [0.1, 0.15) is 0 Å². The molecule has 0 amide bonds. The fraction of sp³-hybridized carbons (Fsp3) is 0.0667. The molecule has 3 aliphatic carbocycles. The number of para-hydroxylation sites is 2. The quantitative estimate of drug-likeness (QED) is 0.182. The van der Waals surface area contributed by atoms with Crippen LogP contribution in [0.3, 0.4) is 0 Å².